The van der Waals surface area contributed by atoms with Crippen LogP contribution in [0.2, 0.25) is 0 Å². The number of fused-ring (bicyclic) bond motifs is 1. The van der Waals surface area contributed by atoms with E-state index in [1.807, 2.05) is 12.1 Å². The molecule has 0 saturated heterocycles. The van der Waals surface area contributed by atoms with Crippen LogP contribution in [0.4, 0.5) is 5.69 Å². The highest BCUT2D eigenvalue weighted by Gasteiger charge is 2.22. The zero-order chi connectivity index (χ0) is 27.8. The van der Waals surface area contributed by atoms with Gasteiger partial charge in [-0.25, -0.2) is 4.98 Å². The molecule has 0 radical (unpaired) electrons. The number of ether oxygens (including phenoxy) is 1. The molecule has 0 fully saturated rings. The first-order valence-corrected chi connectivity index (χ1v) is 14.2. The molecule has 0 aliphatic heterocycles. The van der Waals surface area contributed by atoms with Crippen LogP contribution in [0.15, 0.2) is 60.2 Å². The van der Waals surface area contributed by atoms with E-state index < -0.39 is 0 Å². The van der Waals surface area contributed by atoms with Crippen molar-refractivity contribution in [2.75, 3.05) is 12.4 Å². The van der Waals surface area contributed by atoms with E-state index >= 15 is 0 Å². The first-order valence-electron chi connectivity index (χ1n) is 14.2. The number of aromatic nitrogens is 2. The molecule has 0 amide bonds. The van der Waals surface area contributed by atoms with Crippen LogP contribution in [0.5, 0.6) is 5.75 Å². The first kappa shape index (κ1) is 29.3. The molecule has 0 aliphatic rings. The lowest BCUT2D eigenvalue weighted by molar-refractivity contribution is 0.410. The molecule has 4 nitrogen and oxygen atoms in total. The Labute approximate surface area is 230 Å². The van der Waals surface area contributed by atoms with Crippen molar-refractivity contribution in [1.82, 2.24) is 9.55 Å². The van der Waals surface area contributed by atoms with E-state index in [-0.39, 0.29) is 0 Å². The quantitative estimate of drug-likeness (QED) is 0.245. The van der Waals surface area contributed by atoms with E-state index in [4.69, 9.17) is 9.72 Å². The number of hydrogen-bond donors (Lipinski definition) is 1. The van der Waals surface area contributed by atoms with Crippen molar-refractivity contribution in [3.8, 4) is 5.75 Å². The molecule has 1 aromatic carbocycles. The number of nitrogens with zero attached hydrogens (tertiary/aromatic N) is 2. The molecular formula is C34H47N3O. The second-order valence-electron chi connectivity index (χ2n) is 10.4. The third-order valence-electron chi connectivity index (χ3n) is 7.62. The summed E-state index contributed by atoms with van der Waals surface area (Å²) in [6, 6.07) is 10.8. The summed E-state index contributed by atoms with van der Waals surface area (Å²) >= 11 is 0. The van der Waals surface area contributed by atoms with Gasteiger partial charge in [0, 0.05) is 23.8 Å². The highest BCUT2D eigenvalue weighted by atomic mass is 16.5. The number of rotatable bonds is 12. The molecule has 3 rings (SSSR count). The number of benzene rings is 1. The summed E-state index contributed by atoms with van der Waals surface area (Å²) in [7, 11) is 1.73. The van der Waals surface area contributed by atoms with Gasteiger partial charge in [-0.1, -0.05) is 75.8 Å². The topological polar surface area (TPSA) is 39.1 Å². The summed E-state index contributed by atoms with van der Waals surface area (Å²) < 4.78 is 8.11. The van der Waals surface area contributed by atoms with Gasteiger partial charge in [0.1, 0.15) is 5.75 Å². The molecule has 38 heavy (non-hydrogen) atoms. The Kier molecular flexibility index (Phi) is 10.4. The molecule has 204 valence electrons. The molecule has 2 heterocycles. The Morgan fingerprint density at radius 2 is 1.84 bits per heavy atom. The molecule has 3 aromatic rings. The number of pyridine rings is 1. The van der Waals surface area contributed by atoms with Crippen molar-refractivity contribution in [3.05, 3.63) is 82.7 Å². The third kappa shape index (κ3) is 6.23. The molecule has 1 unspecified atom stereocenters. The van der Waals surface area contributed by atoms with E-state index in [9.17, 15) is 0 Å². The van der Waals surface area contributed by atoms with E-state index in [0.717, 1.165) is 47.5 Å². The van der Waals surface area contributed by atoms with Crippen LogP contribution in [0.3, 0.4) is 0 Å². The van der Waals surface area contributed by atoms with Crippen LogP contribution in [0.1, 0.15) is 89.9 Å². The zero-order valence-corrected chi connectivity index (χ0v) is 25.0. The van der Waals surface area contributed by atoms with E-state index in [2.05, 4.69) is 108 Å². The molecule has 0 bridgehead atoms. The van der Waals surface area contributed by atoms with Crippen LogP contribution in [-0.4, -0.2) is 16.7 Å². The van der Waals surface area contributed by atoms with Crippen LogP contribution >= 0.6 is 0 Å². The first-order chi connectivity index (χ1) is 18.3. The van der Waals surface area contributed by atoms with Gasteiger partial charge in [0.25, 0.3) is 0 Å². The fraction of sp³-hybridized carbons (Fsp3) is 0.441. The molecule has 0 spiro atoms. The molecule has 1 N–H and O–H groups in total. The zero-order valence-electron chi connectivity index (χ0n) is 25.0. The molecule has 2 aromatic heterocycles. The lowest BCUT2D eigenvalue weighted by Gasteiger charge is -2.19. The SMILES string of the molecule is CC/C=C/C=C\C(=C(/C)C(C)CC)c1cc(NCc2ccccc2OC)c2c(n1)c(C)c(CC)n2C(C)C. The predicted molar refractivity (Wildman–Crippen MR) is 165 cm³/mol. The van der Waals surface area contributed by atoms with Gasteiger partial charge in [0.05, 0.1) is 29.5 Å². The van der Waals surface area contributed by atoms with Crippen molar-refractivity contribution < 1.29 is 4.74 Å². The Morgan fingerprint density at radius 3 is 2.47 bits per heavy atom. The van der Waals surface area contributed by atoms with Gasteiger partial charge in [-0.3, -0.25) is 0 Å². The molecule has 0 aliphatic carbocycles. The largest absolute Gasteiger partial charge is 0.496 e. The summed E-state index contributed by atoms with van der Waals surface area (Å²) in [5, 5.41) is 3.79. The van der Waals surface area contributed by atoms with E-state index in [1.165, 1.54) is 27.9 Å². The van der Waals surface area contributed by atoms with Gasteiger partial charge < -0.3 is 14.6 Å². The summed E-state index contributed by atoms with van der Waals surface area (Å²) in [5.41, 5.74) is 10.7. The van der Waals surface area contributed by atoms with Crippen molar-refractivity contribution in [1.29, 1.82) is 0 Å². The fourth-order valence-corrected chi connectivity index (χ4v) is 5.17. The minimum atomic E-state index is 0.330. The maximum absolute atomic E-state index is 5.64. The highest BCUT2D eigenvalue weighted by molar-refractivity contribution is 5.95. The number of para-hydroxylation sites is 1. The average Bonchev–Trinajstić information content (AvgIpc) is 3.22. The monoisotopic (exact) mass is 513 g/mol. The van der Waals surface area contributed by atoms with E-state index in [0.29, 0.717) is 18.5 Å². The summed E-state index contributed by atoms with van der Waals surface area (Å²) in [5.74, 6) is 1.37. The van der Waals surface area contributed by atoms with Gasteiger partial charge in [-0.05, 0) is 76.1 Å². The second kappa shape index (κ2) is 13.5. The lowest BCUT2D eigenvalue weighted by atomic mass is 9.92. The number of aryl methyl sites for hydroxylation is 1. The lowest BCUT2D eigenvalue weighted by Crippen LogP contribution is -2.09. The van der Waals surface area contributed by atoms with Gasteiger partial charge in [0.2, 0.25) is 0 Å². The Bertz CT molecular complexity index is 1320. The minimum absolute atomic E-state index is 0.330. The van der Waals surface area contributed by atoms with Crippen molar-refractivity contribution in [3.63, 3.8) is 0 Å². The summed E-state index contributed by atoms with van der Waals surface area (Å²) in [6.45, 7) is 18.6. The normalized spacial score (nSPS) is 13.6. The van der Waals surface area contributed by atoms with Crippen LogP contribution in [-0.2, 0) is 13.0 Å². The van der Waals surface area contributed by atoms with Crippen molar-refractivity contribution in [2.24, 2.45) is 5.92 Å². The number of methoxy groups -OCH3 is 1. The average molecular weight is 514 g/mol. The molecular weight excluding hydrogens is 466 g/mol. The molecule has 4 heteroatoms. The van der Waals surface area contributed by atoms with Crippen LogP contribution in [0.25, 0.3) is 16.6 Å². The van der Waals surface area contributed by atoms with E-state index in [1.54, 1.807) is 7.11 Å². The molecule has 1 atom stereocenters. The third-order valence-corrected chi connectivity index (χ3v) is 7.62. The Balaban J connectivity index is 2.29. The Hall–Kier alpha value is -3.27. The van der Waals surface area contributed by atoms with Crippen LogP contribution in [0, 0.1) is 12.8 Å². The van der Waals surface area contributed by atoms with Gasteiger partial charge in [-0.15, -0.1) is 0 Å². The number of hydrogen-bond acceptors (Lipinski definition) is 3. The number of nitrogens with one attached hydrogen (secondary N) is 1. The smallest absolute Gasteiger partial charge is 0.123 e. The predicted octanol–water partition coefficient (Wildman–Crippen LogP) is 9.45. The highest BCUT2D eigenvalue weighted by Crippen LogP contribution is 2.37. The number of allylic oxidation sites excluding steroid dienone is 6. The second-order valence-corrected chi connectivity index (χ2v) is 10.4. The summed E-state index contributed by atoms with van der Waals surface area (Å²) in [4.78, 5) is 5.35. The van der Waals surface area contributed by atoms with Crippen LogP contribution < -0.4 is 10.1 Å². The van der Waals surface area contributed by atoms with Crippen molar-refractivity contribution in [2.45, 2.75) is 87.2 Å². The maximum atomic E-state index is 5.64. The van der Waals surface area contributed by atoms with Crippen molar-refractivity contribution >= 4 is 22.3 Å². The maximum Gasteiger partial charge on any atom is 0.123 e. The fourth-order valence-electron chi connectivity index (χ4n) is 5.17. The molecule has 0 saturated carbocycles. The number of anilines is 1. The summed E-state index contributed by atoms with van der Waals surface area (Å²) in [6.07, 6.45) is 11.8. The van der Waals surface area contributed by atoms with Gasteiger partial charge in [-0.2, -0.15) is 0 Å². The van der Waals surface area contributed by atoms with Gasteiger partial charge in [0.15, 0.2) is 0 Å². The standard InChI is InChI=1S/C34H47N3O/c1-10-13-14-15-19-28(25(7)24(6)11-2)29-21-30(35-22-27-18-16-17-20-32(27)38-9)34-33(36-29)26(8)31(12-3)37(34)23(4)5/h13-21,23-24H,10-12,22H2,1-9H3,(H,35,36)/b14-13+,19-15-,28-25-. The van der Waals surface area contributed by atoms with Gasteiger partial charge >= 0.3 is 0 Å². The Morgan fingerprint density at radius 1 is 1.11 bits per heavy atom. The minimum Gasteiger partial charge on any atom is -0.496 e.